The number of esters is 1. The summed E-state index contributed by atoms with van der Waals surface area (Å²) in [6.07, 6.45) is 85.4. The number of amides is 1. The Hall–Kier alpha value is -1.66. The molecule has 0 radical (unpaired) electrons. The topological polar surface area (TPSA) is 95.9 Å². The molecule has 6 heteroatoms. The van der Waals surface area contributed by atoms with Crippen LogP contribution in [0.15, 0.2) is 24.3 Å². The third-order valence-corrected chi connectivity index (χ3v) is 16.7. The summed E-state index contributed by atoms with van der Waals surface area (Å²) in [6.45, 7) is 4.94. The molecule has 6 nitrogen and oxygen atoms in total. The van der Waals surface area contributed by atoms with Crippen molar-refractivity contribution in [1.29, 1.82) is 0 Å². The van der Waals surface area contributed by atoms with Crippen molar-refractivity contribution in [2.24, 2.45) is 0 Å². The minimum Gasteiger partial charge on any atom is -0.466 e. The van der Waals surface area contributed by atoms with Gasteiger partial charge in [0.25, 0.3) is 0 Å². The van der Waals surface area contributed by atoms with Crippen LogP contribution in [0.4, 0.5) is 0 Å². The van der Waals surface area contributed by atoms with Gasteiger partial charge in [-0.05, 0) is 57.8 Å². The minimum absolute atomic E-state index is 0.0133. The quantitative estimate of drug-likeness (QED) is 0.0320. The van der Waals surface area contributed by atoms with Gasteiger partial charge in [-0.1, -0.05) is 353 Å². The molecule has 0 fully saturated rings. The maximum absolute atomic E-state index is 12.5. The second-order valence-electron chi connectivity index (χ2n) is 24.6. The van der Waals surface area contributed by atoms with Gasteiger partial charge >= 0.3 is 5.97 Å². The first kappa shape index (κ1) is 76.3. The van der Waals surface area contributed by atoms with Crippen LogP contribution in [0.3, 0.4) is 0 Å². The molecule has 0 saturated heterocycles. The molecule has 1 amide bonds. The average molecular weight is 1100 g/mol. The molecule has 0 aromatic heterocycles. The highest BCUT2D eigenvalue weighted by molar-refractivity contribution is 5.76. The Morgan fingerprint density at radius 3 is 0.910 bits per heavy atom. The van der Waals surface area contributed by atoms with Crippen molar-refractivity contribution in [3.63, 3.8) is 0 Å². The Morgan fingerprint density at radius 1 is 0.346 bits per heavy atom. The van der Waals surface area contributed by atoms with E-state index in [4.69, 9.17) is 4.74 Å². The molecule has 0 rings (SSSR count). The molecule has 0 aliphatic carbocycles. The maximum Gasteiger partial charge on any atom is 0.305 e. The highest BCUT2D eigenvalue weighted by Gasteiger charge is 2.18. The number of carbonyl (C=O) groups is 2. The van der Waals surface area contributed by atoms with Crippen LogP contribution in [-0.4, -0.2) is 47.4 Å². The van der Waals surface area contributed by atoms with E-state index in [2.05, 4.69) is 31.3 Å². The fraction of sp³-hybridized carbons (Fsp3) is 0.917. The second kappa shape index (κ2) is 67.8. The molecule has 0 aliphatic heterocycles. The maximum atomic E-state index is 12.5. The first-order valence-corrected chi connectivity index (χ1v) is 35.6. The van der Waals surface area contributed by atoms with Crippen molar-refractivity contribution >= 4 is 11.9 Å². The molecular weight excluding hydrogens is 959 g/mol. The van der Waals surface area contributed by atoms with E-state index in [-0.39, 0.29) is 18.5 Å². The van der Waals surface area contributed by atoms with Gasteiger partial charge in [0.1, 0.15) is 0 Å². The van der Waals surface area contributed by atoms with Gasteiger partial charge in [0.2, 0.25) is 5.91 Å². The number of hydrogen-bond donors (Lipinski definition) is 3. The van der Waals surface area contributed by atoms with Crippen LogP contribution >= 0.6 is 0 Å². The number of unbranched alkanes of at least 4 members (excludes halogenated alkanes) is 54. The van der Waals surface area contributed by atoms with Crippen molar-refractivity contribution in [2.75, 3.05) is 13.2 Å². The Balaban J connectivity index is 3.42. The summed E-state index contributed by atoms with van der Waals surface area (Å²) in [7, 11) is 0. The summed E-state index contributed by atoms with van der Waals surface area (Å²) < 4.78 is 5.51. The molecular formula is C72H139NO5. The van der Waals surface area contributed by atoms with Gasteiger partial charge < -0.3 is 20.3 Å². The number of carbonyl (C=O) groups excluding carboxylic acids is 2. The van der Waals surface area contributed by atoms with Gasteiger partial charge in [0.15, 0.2) is 0 Å². The van der Waals surface area contributed by atoms with E-state index in [1.54, 1.807) is 6.08 Å². The predicted molar refractivity (Wildman–Crippen MR) is 343 cm³/mol. The number of aliphatic hydroxyl groups excluding tert-OH is 2. The molecule has 0 aromatic carbocycles. The van der Waals surface area contributed by atoms with E-state index in [9.17, 15) is 19.8 Å². The molecule has 0 bridgehead atoms. The van der Waals surface area contributed by atoms with Crippen molar-refractivity contribution in [2.45, 2.75) is 411 Å². The van der Waals surface area contributed by atoms with Crippen molar-refractivity contribution in [3.05, 3.63) is 24.3 Å². The zero-order valence-corrected chi connectivity index (χ0v) is 52.9. The van der Waals surface area contributed by atoms with Gasteiger partial charge in [-0.25, -0.2) is 0 Å². The van der Waals surface area contributed by atoms with Crippen LogP contribution < -0.4 is 5.32 Å². The summed E-state index contributed by atoms with van der Waals surface area (Å²) in [5.41, 5.74) is 0. The van der Waals surface area contributed by atoms with Crippen molar-refractivity contribution < 1.29 is 24.5 Å². The van der Waals surface area contributed by atoms with Gasteiger partial charge in [-0.2, -0.15) is 0 Å². The summed E-state index contributed by atoms with van der Waals surface area (Å²) in [6, 6.07) is -0.634. The fourth-order valence-corrected chi connectivity index (χ4v) is 11.3. The lowest BCUT2D eigenvalue weighted by Crippen LogP contribution is -2.45. The van der Waals surface area contributed by atoms with E-state index in [1.165, 1.54) is 327 Å². The Morgan fingerprint density at radius 2 is 0.603 bits per heavy atom. The number of rotatable bonds is 67. The van der Waals surface area contributed by atoms with Crippen molar-refractivity contribution in [3.8, 4) is 0 Å². The molecule has 0 heterocycles. The summed E-state index contributed by atoms with van der Waals surface area (Å²) >= 11 is 0. The molecule has 78 heavy (non-hydrogen) atoms. The molecule has 0 spiro atoms. The van der Waals surface area contributed by atoms with E-state index in [0.29, 0.717) is 19.4 Å². The van der Waals surface area contributed by atoms with E-state index < -0.39 is 12.1 Å². The van der Waals surface area contributed by atoms with Crippen LogP contribution in [0.1, 0.15) is 399 Å². The van der Waals surface area contributed by atoms with Crippen LogP contribution in [0.2, 0.25) is 0 Å². The lowest BCUT2D eigenvalue weighted by Gasteiger charge is -2.20. The smallest absolute Gasteiger partial charge is 0.305 e. The molecule has 3 N–H and O–H groups in total. The normalized spacial score (nSPS) is 12.6. The summed E-state index contributed by atoms with van der Waals surface area (Å²) in [5.74, 6) is -0.0584. The van der Waals surface area contributed by atoms with Gasteiger partial charge in [0.05, 0.1) is 25.4 Å². The number of aliphatic hydroxyl groups is 2. The van der Waals surface area contributed by atoms with E-state index in [0.717, 1.165) is 44.9 Å². The largest absolute Gasteiger partial charge is 0.466 e. The Bertz CT molecular complexity index is 1220. The lowest BCUT2D eigenvalue weighted by atomic mass is 10.0. The highest BCUT2D eigenvalue weighted by Crippen LogP contribution is 2.19. The monoisotopic (exact) mass is 1100 g/mol. The standard InChI is InChI=1S/C72H139NO5/c1-3-5-7-9-11-13-15-17-19-21-23-25-29-32-36-40-44-48-52-56-60-64-70(75)69(68-74)73-71(76)65-61-57-53-49-45-41-37-33-30-26-24-27-31-35-39-43-47-51-55-59-63-67-78-72(77)66-62-58-54-50-46-42-38-34-28-22-20-18-16-14-12-10-8-6-4-2/h26,30,60,64,69-70,74-75H,3-25,27-29,31-59,61-63,65-68H2,1-2H3,(H,73,76)/b30-26-,64-60+. The van der Waals surface area contributed by atoms with Gasteiger partial charge in [-0.3, -0.25) is 9.59 Å². The first-order valence-electron chi connectivity index (χ1n) is 35.6. The van der Waals surface area contributed by atoms with Crippen LogP contribution in [0.5, 0.6) is 0 Å². The number of nitrogens with one attached hydrogen (secondary N) is 1. The molecule has 0 saturated carbocycles. The van der Waals surface area contributed by atoms with E-state index >= 15 is 0 Å². The average Bonchev–Trinajstić information content (AvgIpc) is 3.44. The predicted octanol–water partition coefficient (Wildman–Crippen LogP) is 22.9. The molecule has 0 aliphatic rings. The molecule has 462 valence electrons. The lowest BCUT2D eigenvalue weighted by molar-refractivity contribution is -0.143. The minimum atomic E-state index is -0.850. The molecule has 0 aromatic rings. The van der Waals surface area contributed by atoms with Crippen LogP contribution in [0, 0.1) is 0 Å². The van der Waals surface area contributed by atoms with Crippen LogP contribution in [0.25, 0.3) is 0 Å². The van der Waals surface area contributed by atoms with Crippen molar-refractivity contribution in [1.82, 2.24) is 5.32 Å². The van der Waals surface area contributed by atoms with Crippen LogP contribution in [-0.2, 0) is 14.3 Å². The van der Waals surface area contributed by atoms with Gasteiger partial charge in [0, 0.05) is 12.8 Å². The number of ether oxygens (including phenoxy) is 1. The summed E-state index contributed by atoms with van der Waals surface area (Å²) in [4.78, 5) is 24.6. The SMILES string of the molecule is CCCCCCCCCCCCCCCCCCCCC/C=C/C(O)C(CO)NC(=O)CCCCCCCCC/C=C\CCCCCCCCCCCCOC(=O)CCCCCCCCCCCCCCCCCCCCC. The number of hydrogen-bond acceptors (Lipinski definition) is 5. The second-order valence-corrected chi connectivity index (χ2v) is 24.6. The highest BCUT2D eigenvalue weighted by atomic mass is 16.5. The third kappa shape index (κ3) is 63.5. The first-order chi connectivity index (χ1) is 38.5. The fourth-order valence-electron chi connectivity index (χ4n) is 11.3. The zero-order valence-electron chi connectivity index (χ0n) is 52.9. The molecule has 2 unspecified atom stereocenters. The van der Waals surface area contributed by atoms with E-state index in [1.807, 2.05) is 6.08 Å². The Labute approximate surface area is 488 Å². The molecule has 2 atom stereocenters. The zero-order chi connectivity index (χ0) is 56.4. The number of allylic oxidation sites excluding steroid dienone is 3. The third-order valence-electron chi connectivity index (χ3n) is 16.7. The summed E-state index contributed by atoms with van der Waals surface area (Å²) in [5, 5.41) is 23.2. The Kier molecular flexibility index (Phi) is 66.4. The van der Waals surface area contributed by atoms with Gasteiger partial charge in [-0.15, -0.1) is 0 Å².